The van der Waals surface area contributed by atoms with Gasteiger partial charge in [0.1, 0.15) is 0 Å². The number of hydrazone groups is 1. The van der Waals surface area contributed by atoms with Crippen LogP contribution in [0.4, 0.5) is 5.69 Å². The number of carbonyl (C=O) groups excluding carboxylic acids is 2. The Hall–Kier alpha value is -4.19. The van der Waals surface area contributed by atoms with Gasteiger partial charge in [0.05, 0.1) is 6.21 Å². The number of para-hydroxylation sites is 1. The van der Waals surface area contributed by atoms with E-state index < -0.39 is 0 Å². The second-order valence-corrected chi connectivity index (χ2v) is 6.39. The molecule has 1 heterocycles. The maximum absolute atomic E-state index is 12.4. The van der Waals surface area contributed by atoms with Crippen molar-refractivity contribution in [1.82, 2.24) is 10.4 Å². The van der Waals surface area contributed by atoms with E-state index in [0.717, 1.165) is 16.5 Å². The minimum Gasteiger partial charge on any atom is -0.361 e. The molecule has 29 heavy (non-hydrogen) atoms. The number of hydrogen-bond acceptors (Lipinski definition) is 3. The molecule has 4 aromatic rings. The lowest BCUT2D eigenvalue weighted by Crippen LogP contribution is -2.18. The van der Waals surface area contributed by atoms with Gasteiger partial charge in [-0.15, -0.1) is 0 Å². The van der Waals surface area contributed by atoms with Gasteiger partial charge in [0.25, 0.3) is 11.8 Å². The van der Waals surface area contributed by atoms with Crippen LogP contribution >= 0.6 is 0 Å². The third-order valence-electron chi connectivity index (χ3n) is 4.41. The van der Waals surface area contributed by atoms with Crippen LogP contribution in [0.3, 0.4) is 0 Å². The molecule has 2 amide bonds. The molecule has 0 aliphatic heterocycles. The first-order valence-electron chi connectivity index (χ1n) is 9.07. The van der Waals surface area contributed by atoms with E-state index in [1.54, 1.807) is 54.7 Å². The Kier molecular flexibility index (Phi) is 5.16. The van der Waals surface area contributed by atoms with Gasteiger partial charge in [0.2, 0.25) is 0 Å². The number of fused-ring (bicyclic) bond motifs is 1. The van der Waals surface area contributed by atoms with Crippen LogP contribution in [0.25, 0.3) is 10.9 Å². The molecule has 0 bridgehead atoms. The smallest absolute Gasteiger partial charge is 0.271 e. The number of nitrogens with zero attached hydrogens (tertiary/aromatic N) is 1. The summed E-state index contributed by atoms with van der Waals surface area (Å²) in [6.07, 6.45) is 3.43. The van der Waals surface area contributed by atoms with Crippen LogP contribution in [0.15, 0.2) is 90.2 Å². The fourth-order valence-electron chi connectivity index (χ4n) is 2.96. The van der Waals surface area contributed by atoms with E-state index in [0.29, 0.717) is 16.8 Å². The highest BCUT2D eigenvalue weighted by molar-refractivity contribution is 6.05. The summed E-state index contributed by atoms with van der Waals surface area (Å²) in [5.41, 5.74) is 5.88. The topological polar surface area (TPSA) is 86.3 Å². The highest BCUT2D eigenvalue weighted by Gasteiger charge is 2.09. The third kappa shape index (κ3) is 4.22. The molecule has 1 aromatic heterocycles. The number of anilines is 1. The Labute approximate surface area is 167 Å². The highest BCUT2D eigenvalue weighted by Crippen LogP contribution is 2.16. The standard InChI is InChI=1S/C23H18N4O2/c28-22(16-7-2-1-3-8-16)26-19-10-6-9-17(13-19)23(29)27-25-15-18-14-24-21-12-5-4-11-20(18)21/h1-15,24H,(H,26,28)(H,27,29). The first kappa shape index (κ1) is 18.2. The van der Waals surface area contributed by atoms with Crippen molar-refractivity contribution in [1.29, 1.82) is 0 Å². The maximum atomic E-state index is 12.4. The van der Waals surface area contributed by atoms with E-state index in [4.69, 9.17) is 0 Å². The zero-order valence-corrected chi connectivity index (χ0v) is 15.4. The number of aromatic amines is 1. The summed E-state index contributed by atoms with van der Waals surface area (Å²) in [5.74, 6) is -0.600. The van der Waals surface area contributed by atoms with Gasteiger partial charge in [-0.1, -0.05) is 42.5 Å². The lowest BCUT2D eigenvalue weighted by Gasteiger charge is -2.07. The molecule has 4 rings (SSSR count). The van der Waals surface area contributed by atoms with Gasteiger partial charge in [-0.3, -0.25) is 9.59 Å². The van der Waals surface area contributed by atoms with E-state index in [2.05, 4.69) is 20.8 Å². The number of H-pyrrole nitrogens is 1. The minimum absolute atomic E-state index is 0.236. The van der Waals surface area contributed by atoms with E-state index in [1.807, 2.05) is 36.5 Å². The van der Waals surface area contributed by atoms with E-state index in [-0.39, 0.29) is 11.8 Å². The summed E-state index contributed by atoms with van der Waals surface area (Å²) < 4.78 is 0. The first-order chi connectivity index (χ1) is 14.2. The molecule has 0 radical (unpaired) electrons. The molecule has 0 saturated heterocycles. The highest BCUT2D eigenvalue weighted by atomic mass is 16.2. The fourth-order valence-corrected chi connectivity index (χ4v) is 2.96. The van der Waals surface area contributed by atoms with Crippen LogP contribution < -0.4 is 10.7 Å². The number of amides is 2. The summed E-state index contributed by atoms with van der Waals surface area (Å²) in [4.78, 5) is 27.8. The van der Waals surface area contributed by atoms with Crippen molar-refractivity contribution in [2.75, 3.05) is 5.32 Å². The molecule has 0 atom stereocenters. The largest absolute Gasteiger partial charge is 0.361 e. The van der Waals surface area contributed by atoms with Crippen molar-refractivity contribution in [3.63, 3.8) is 0 Å². The second-order valence-electron chi connectivity index (χ2n) is 6.39. The van der Waals surface area contributed by atoms with E-state index in [1.165, 1.54) is 0 Å². The maximum Gasteiger partial charge on any atom is 0.271 e. The van der Waals surface area contributed by atoms with Gasteiger partial charge in [0.15, 0.2) is 0 Å². The Morgan fingerprint density at radius 3 is 2.45 bits per heavy atom. The number of rotatable bonds is 5. The summed E-state index contributed by atoms with van der Waals surface area (Å²) in [6.45, 7) is 0. The molecule has 3 N–H and O–H groups in total. The predicted octanol–water partition coefficient (Wildman–Crippen LogP) is 4.18. The Balaban J connectivity index is 1.42. The lowest BCUT2D eigenvalue weighted by atomic mass is 10.1. The lowest BCUT2D eigenvalue weighted by molar-refractivity contribution is 0.0953. The number of nitrogens with one attached hydrogen (secondary N) is 3. The molecule has 0 saturated carbocycles. The molecule has 0 aliphatic rings. The van der Waals surface area contributed by atoms with Crippen molar-refractivity contribution in [2.24, 2.45) is 5.10 Å². The molecule has 0 spiro atoms. The monoisotopic (exact) mass is 382 g/mol. The van der Waals surface area contributed by atoms with Crippen molar-refractivity contribution < 1.29 is 9.59 Å². The van der Waals surface area contributed by atoms with Crippen LogP contribution in [-0.4, -0.2) is 23.0 Å². The molecular weight excluding hydrogens is 364 g/mol. The number of benzene rings is 3. The molecule has 0 aliphatic carbocycles. The third-order valence-corrected chi connectivity index (χ3v) is 4.41. The van der Waals surface area contributed by atoms with Gasteiger partial charge in [-0.2, -0.15) is 5.10 Å². The quantitative estimate of drug-likeness (QED) is 0.357. The zero-order chi connectivity index (χ0) is 20.1. The minimum atomic E-state index is -0.364. The SMILES string of the molecule is O=C(NN=Cc1c[nH]c2ccccc12)c1cccc(NC(=O)c2ccccc2)c1. The normalized spacial score (nSPS) is 10.9. The summed E-state index contributed by atoms with van der Waals surface area (Å²) >= 11 is 0. The van der Waals surface area contributed by atoms with Crippen molar-refractivity contribution in [3.8, 4) is 0 Å². The van der Waals surface area contributed by atoms with Gasteiger partial charge < -0.3 is 10.3 Å². The van der Waals surface area contributed by atoms with Crippen LogP contribution in [0.1, 0.15) is 26.3 Å². The molecule has 6 nitrogen and oxygen atoms in total. The zero-order valence-electron chi connectivity index (χ0n) is 15.4. The number of hydrogen-bond donors (Lipinski definition) is 3. The Morgan fingerprint density at radius 1 is 0.828 bits per heavy atom. The van der Waals surface area contributed by atoms with Crippen LogP contribution in [-0.2, 0) is 0 Å². The first-order valence-corrected chi connectivity index (χ1v) is 9.07. The summed E-state index contributed by atoms with van der Waals surface area (Å²) in [7, 11) is 0. The second kappa shape index (κ2) is 8.22. The van der Waals surface area contributed by atoms with Crippen molar-refractivity contribution >= 4 is 34.6 Å². The van der Waals surface area contributed by atoms with Crippen molar-refractivity contribution in [3.05, 3.63) is 102 Å². The van der Waals surface area contributed by atoms with Crippen LogP contribution in [0.5, 0.6) is 0 Å². The van der Waals surface area contributed by atoms with E-state index >= 15 is 0 Å². The Morgan fingerprint density at radius 2 is 1.59 bits per heavy atom. The summed E-state index contributed by atoms with van der Waals surface area (Å²) in [5, 5.41) is 7.86. The Bertz CT molecular complexity index is 1200. The van der Waals surface area contributed by atoms with Gasteiger partial charge in [-0.05, 0) is 36.4 Å². The molecular formula is C23H18N4O2. The van der Waals surface area contributed by atoms with Gasteiger partial charge in [-0.25, -0.2) is 5.43 Å². The number of carbonyl (C=O) groups is 2. The molecule has 142 valence electrons. The molecule has 0 fully saturated rings. The van der Waals surface area contributed by atoms with Gasteiger partial charge in [0, 0.05) is 39.5 Å². The van der Waals surface area contributed by atoms with Crippen LogP contribution in [0.2, 0.25) is 0 Å². The van der Waals surface area contributed by atoms with Crippen molar-refractivity contribution in [2.45, 2.75) is 0 Å². The molecule has 0 unspecified atom stereocenters. The summed E-state index contributed by atoms with van der Waals surface area (Å²) in [6, 6.07) is 23.4. The van der Waals surface area contributed by atoms with E-state index in [9.17, 15) is 9.59 Å². The van der Waals surface area contributed by atoms with Crippen LogP contribution in [0, 0.1) is 0 Å². The fraction of sp³-hybridized carbons (Fsp3) is 0. The average molecular weight is 382 g/mol. The molecule has 3 aromatic carbocycles. The molecule has 6 heteroatoms. The predicted molar refractivity (Wildman–Crippen MR) is 114 cm³/mol. The average Bonchev–Trinajstić information content (AvgIpc) is 3.18. The van der Waals surface area contributed by atoms with Gasteiger partial charge >= 0.3 is 0 Å². The number of aromatic nitrogens is 1.